The van der Waals surface area contributed by atoms with Gasteiger partial charge in [-0.05, 0) is 37.6 Å². The second kappa shape index (κ2) is 6.47. The third-order valence-corrected chi connectivity index (χ3v) is 4.94. The minimum atomic E-state index is -1.05. The summed E-state index contributed by atoms with van der Waals surface area (Å²) >= 11 is 1.57. The van der Waals surface area contributed by atoms with E-state index in [9.17, 15) is 9.50 Å². The highest BCUT2D eigenvalue weighted by molar-refractivity contribution is 7.19. The van der Waals surface area contributed by atoms with E-state index < -0.39 is 6.10 Å². The number of anilines is 2. The maximum atomic E-state index is 13.1. The predicted octanol–water partition coefficient (Wildman–Crippen LogP) is 4.00. The normalized spacial score (nSPS) is 12.5. The number of aliphatic hydroxyl groups is 1. The molecular formula is C18H16FN5OS. The van der Waals surface area contributed by atoms with Crippen molar-refractivity contribution in [1.29, 1.82) is 0 Å². The Bertz CT molecular complexity index is 1070. The number of aliphatic hydroxyl groups excluding tert-OH is 1. The van der Waals surface area contributed by atoms with Gasteiger partial charge in [0.1, 0.15) is 11.9 Å². The largest absolute Gasteiger partial charge is 0.380 e. The van der Waals surface area contributed by atoms with Gasteiger partial charge in [-0.3, -0.25) is 5.10 Å². The van der Waals surface area contributed by atoms with Crippen LogP contribution < -0.4 is 5.32 Å². The highest BCUT2D eigenvalue weighted by Gasteiger charge is 2.18. The summed E-state index contributed by atoms with van der Waals surface area (Å²) < 4.78 is 14.0. The van der Waals surface area contributed by atoms with E-state index in [1.807, 2.05) is 26.0 Å². The second-order valence-corrected chi connectivity index (χ2v) is 7.27. The third-order valence-electron chi connectivity index (χ3n) is 3.89. The number of halogens is 1. The first kappa shape index (κ1) is 16.6. The molecule has 1 atom stereocenters. The van der Waals surface area contributed by atoms with Gasteiger partial charge in [0.2, 0.25) is 0 Å². The van der Waals surface area contributed by atoms with Crippen LogP contribution in [0.1, 0.15) is 28.1 Å². The Hall–Kier alpha value is -2.84. The van der Waals surface area contributed by atoms with Gasteiger partial charge in [0, 0.05) is 16.6 Å². The summed E-state index contributed by atoms with van der Waals surface area (Å²) in [5.74, 6) is 1.10. The average Bonchev–Trinajstić information content (AvgIpc) is 3.19. The van der Waals surface area contributed by atoms with E-state index in [4.69, 9.17) is 0 Å². The number of hydrogen-bond acceptors (Lipinski definition) is 6. The molecule has 0 saturated heterocycles. The zero-order valence-corrected chi connectivity index (χ0v) is 14.9. The number of H-pyrrole nitrogens is 1. The molecule has 4 rings (SSSR count). The summed E-state index contributed by atoms with van der Waals surface area (Å²) in [6, 6.07) is 9.47. The summed E-state index contributed by atoms with van der Waals surface area (Å²) in [6.07, 6.45) is -1.05. The summed E-state index contributed by atoms with van der Waals surface area (Å²) in [5, 5.41) is 20.9. The van der Waals surface area contributed by atoms with Gasteiger partial charge >= 0.3 is 0 Å². The molecule has 0 fully saturated rings. The number of benzene rings is 1. The Kier molecular flexibility index (Phi) is 4.14. The highest BCUT2D eigenvalue weighted by atomic mass is 32.1. The van der Waals surface area contributed by atoms with Crippen LogP contribution in [0.15, 0.2) is 36.4 Å². The minimum Gasteiger partial charge on any atom is -0.380 e. The van der Waals surface area contributed by atoms with Crippen molar-refractivity contribution in [2.24, 2.45) is 0 Å². The van der Waals surface area contributed by atoms with E-state index >= 15 is 0 Å². The molecule has 1 aromatic carbocycles. The Morgan fingerprint density at radius 3 is 2.62 bits per heavy atom. The third kappa shape index (κ3) is 3.16. The van der Waals surface area contributed by atoms with Gasteiger partial charge in [0.25, 0.3) is 0 Å². The SMILES string of the molecule is Cc1cc(Nc2nc(C(O)c3ccc(F)cc3)nc3cc(C)sc23)n[nH]1. The molecule has 3 aromatic heterocycles. The molecule has 8 heteroatoms. The molecule has 1 unspecified atom stereocenters. The monoisotopic (exact) mass is 369 g/mol. The van der Waals surface area contributed by atoms with Gasteiger partial charge in [-0.1, -0.05) is 12.1 Å². The number of aryl methyl sites for hydroxylation is 2. The lowest BCUT2D eigenvalue weighted by atomic mass is 10.1. The molecule has 6 nitrogen and oxygen atoms in total. The van der Waals surface area contributed by atoms with Crippen LogP contribution in [0.25, 0.3) is 10.2 Å². The first-order valence-corrected chi connectivity index (χ1v) is 8.82. The lowest BCUT2D eigenvalue weighted by Crippen LogP contribution is -2.07. The van der Waals surface area contributed by atoms with Crippen LogP contribution in [-0.2, 0) is 0 Å². The van der Waals surface area contributed by atoms with E-state index in [0.717, 1.165) is 20.8 Å². The van der Waals surface area contributed by atoms with Crippen LogP contribution in [-0.4, -0.2) is 25.3 Å². The maximum Gasteiger partial charge on any atom is 0.164 e. The van der Waals surface area contributed by atoms with E-state index in [1.165, 1.54) is 24.3 Å². The fourth-order valence-corrected chi connectivity index (χ4v) is 3.57. The van der Waals surface area contributed by atoms with Crippen molar-refractivity contribution < 1.29 is 9.50 Å². The Morgan fingerprint density at radius 2 is 1.92 bits per heavy atom. The van der Waals surface area contributed by atoms with Crippen LogP contribution in [0, 0.1) is 19.7 Å². The zero-order chi connectivity index (χ0) is 18.3. The molecular weight excluding hydrogens is 353 g/mol. The molecule has 132 valence electrons. The molecule has 0 amide bonds. The van der Waals surface area contributed by atoms with Crippen molar-refractivity contribution in [3.8, 4) is 0 Å². The molecule has 0 bridgehead atoms. The van der Waals surface area contributed by atoms with Crippen LogP contribution in [0.3, 0.4) is 0 Å². The smallest absolute Gasteiger partial charge is 0.164 e. The lowest BCUT2D eigenvalue weighted by Gasteiger charge is -2.12. The van der Waals surface area contributed by atoms with Gasteiger partial charge in [-0.15, -0.1) is 11.3 Å². The van der Waals surface area contributed by atoms with E-state index in [0.29, 0.717) is 17.2 Å². The van der Waals surface area contributed by atoms with Crippen molar-refractivity contribution in [3.63, 3.8) is 0 Å². The molecule has 0 aliphatic rings. The number of fused-ring (bicyclic) bond motifs is 1. The Labute approximate surface area is 152 Å². The van der Waals surface area contributed by atoms with Crippen molar-refractivity contribution >= 4 is 33.2 Å². The molecule has 3 heterocycles. The van der Waals surface area contributed by atoms with Crippen LogP contribution >= 0.6 is 11.3 Å². The molecule has 3 N–H and O–H groups in total. The number of rotatable bonds is 4. The average molecular weight is 369 g/mol. The number of nitrogens with one attached hydrogen (secondary N) is 2. The molecule has 4 aromatic rings. The molecule has 0 radical (unpaired) electrons. The quantitative estimate of drug-likeness (QED) is 0.506. The second-order valence-electron chi connectivity index (χ2n) is 6.02. The maximum absolute atomic E-state index is 13.1. The van der Waals surface area contributed by atoms with Crippen LogP contribution in [0.4, 0.5) is 16.0 Å². The van der Waals surface area contributed by atoms with Gasteiger partial charge < -0.3 is 10.4 Å². The highest BCUT2D eigenvalue weighted by Crippen LogP contribution is 2.33. The molecule has 0 spiro atoms. The number of aromatic nitrogens is 4. The number of aromatic amines is 1. The van der Waals surface area contributed by atoms with Gasteiger partial charge in [-0.2, -0.15) is 5.10 Å². The number of nitrogens with zero attached hydrogens (tertiary/aromatic N) is 3. The van der Waals surface area contributed by atoms with Crippen molar-refractivity contribution in [2.75, 3.05) is 5.32 Å². The zero-order valence-electron chi connectivity index (χ0n) is 14.1. The summed E-state index contributed by atoms with van der Waals surface area (Å²) in [7, 11) is 0. The summed E-state index contributed by atoms with van der Waals surface area (Å²) in [5.41, 5.74) is 2.19. The van der Waals surface area contributed by atoms with Gasteiger partial charge in [-0.25, -0.2) is 14.4 Å². The first-order valence-electron chi connectivity index (χ1n) is 8.00. The van der Waals surface area contributed by atoms with E-state index in [2.05, 4.69) is 25.5 Å². The standard InChI is InChI=1S/C18H16FN5OS/c1-9-7-14(24-23-9)21-18-16-13(8-10(2)26-16)20-17(22-18)15(25)11-3-5-12(19)6-4-11/h3-8,15,25H,1-2H3,(H2,20,21,22,23,24). The fourth-order valence-electron chi connectivity index (χ4n) is 2.67. The van der Waals surface area contributed by atoms with Crippen molar-refractivity contribution in [3.05, 3.63) is 64.2 Å². The van der Waals surface area contributed by atoms with Crippen LogP contribution in [0.2, 0.25) is 0 Å². The molecule has 0 aliphatic carbocycles. The Balaban J connectivity index is 1.78. The predicted molar refractivity (Wildman–Crippen MR) is 99.2 cm³/mol. The topological polar surface area (TPSA) is 86.7 Å². The minimum absolute atomic E-state index is 0.247. The first-order chi connectivity index (χ1) is 12.5. The summed E-state index contributed by atoms with van der Waals surface area (Å²) in [6.45, 7) is 3.90. The van der Waals surface area contributed by atoms with Gasteiger partial charge in [0.15, 0.2) is 17.5 Å². The fraction of sp³-hybridized carbons (Fsp3) is 0.167. The Morgan fingerprint density at radius 1 is 1.15 bits per heavy atom. The van der Waals surface area contributed by atoms with Crippen LogP contribution in [0.5, 0.6) is 0 Å². The molecule has 0 aliphatic heterocycles. The van der Waals surface area contributed by atoms with Crippen molar-refractivity contribution in [2.45, 2.75) is 20.0 Å². The van der Waals surface area contributed by atoms with Crippen molar-refractivity contribution in [1.82, 2.24) is 20.2 Å². The van der Waals surface area contributed by atoms with Gasteiger partial charge in [0.05, 0.1) is 10.2 Å². The number of hydrogen-bond donors (Lipinski definition) is 3. The van der Waals surface area contributed by atoms with E-state index in [1.54, 1.807) is 11.3 Å². The summed E-state index contributed by atoms with van der Waals surface area (Å²) in [4.78, 5) is 10.1. The molecule has 0 saturated carbocycles. The molecule has 26 heavy (non-hydrogen) atoms. The van der Waals surface area contributed by atoms with E-state index in [-0.39, 0.29) is 11.6 Å². The number of thiophene rings is 1. The lowest BCUT2D eigenvalue weighted by molar-refractivity contribution is 0.210.